The summed E-state index contributed by atoms with van der Waals surface area (Å²) in [6.45, 7) is 4.64. The maximum atomic E-state index is 14.2. The van der Waals surface area contributed by atoms with E-state index in [2.05, 4.69) is 11.1 Å². The van der Waals surface area contributed by atoms with Crippen molar-refractivity contribution in [2.24, 2.45) is 5.92 Å². The van der Waals surface area contributed by atoms with E-state index in [-0.39, 0.29) is 29.8 Å². The molecular weight excluding hydrogens is 511 g/mol. The van der Waals surface area contributed by atoms with Crippen LogP contribution in [0.25, 0.3) is 10.2 Å². The van der Waals surface area contributed by atoms with Crippen molar-refractivity contribution in [2.75, 3.05) is 18.0 Å². The molecule has 0 unspecified atom stereocenters. The molecular formula is C27H27FN4O3S2. The van der Waals surface area contributed by atoms with Gasteiger partial charge in [0.15, 0.2) is 5.13 Å². The zero-order valence-corrected chi connectivity index (χ0v) is 22.2. The summed E-state index contributed by atoms with van der Waals surface area (Å²) in [5.74, 6) is -1.25. The van der Waals surface area contributed by atoms with Crippen molar-refractivity contribution in [3.05, 3.63) is 83.4 Å². The molecule has 10 heteroatoms. The van der Waals surface area contributed by atoms with Crippen LogP contribution >= 0.6 is 11.3 Å². The Morgan fingerprint density at radius 1 is 1.08 bits per heavy atom. The first kappa shape index (κ1) is 25.4. The number of thiazole rings is 1. The largest absolute Gasteiger partial charge is 0.283 e. The van der Waals surface area contributed by atoms with Crippen LogP contribution in [0.4, 0.5) is 9.52 Å². The predicted molar refractivity (Wildman–Crippen MR) is 142 cm³/mol. The van der Waals surface area contributed by atoms with Crippen LogP contribution in [-0.4, -0.2) is 41.7 Å². The predicted octanol–water partition coefficient (Wildman–Crippen LogP) is 5.08. The van der Waals surface area contributed by atoms with Crippen molar-refractivity contribution in [3.8, 4) is 0 Å². The number of carbonyl (C=O) groups is 1. The first-order valence-corrected chi connectivity index (χ1v) is 14.3. The molecule has 3 heterocycles. The van der Waals surface area contributed by atoms with Gasteiger partial charge < -0.3 is 0 Å². The van der Waals surface area contributed by atoms with E-state index in [1.165, 1.54) is 33.8 Å². The Balaban J connectivity index is 1.40. The Labute approximate surface area is 219 Å². The van der Waals surface area contributed by atoms with Gasteiger partial charge in [-0.05, 0) is 61.6 Å². The molecule has 0 radical (unpaired) electrons. The van der Waals surface area contributed by atoms with Crippen molar-refractivity contribution < 1.29 is 17.6 Å². The summed E-state index contributed by atoms with van der Waals surface area (Å²) in [4.78, 5) is 24.3. The SMILES string of the molecule is Cc1ccc(C)c2sc(N(Cc3cccnc3)C(=O)C3CCN(S(=O)(=O)c4ccccc4F)CC3)nc12. The summed E-state index contributed by atoms with van der Waals surface area (Å²) >= 11 is 1.49. The third-order valence-electron chi connectivity index (χ3n) is 6.75. The van der Waals surface area contributed by atoms with E-state index in [9.17, 15) is 17.6 Å². The van der Waals surface area contributed by atoms with Crippen LogP contribution in [0.15, 0.2) is 65.8 Å². The van der Waals surface area contributed by atoms with Crippen LogP contribution in [0.5, 0.6) is 0 Å². The molecule has 0 spiro atoms. The second kappa shape index (κ2) is 10.3. The van der Waals surface area contributed by atoms with Crippen LogP contribution < -0.4 is 4.90 Å². The van der Waals surface area contributed by atoms with Crippen molar-refractivity contribution in [1.29, 1.82) is 0 Å². The zero-order valence-electron chi connectivity index (χ0n) is 20.6. The van der Waals surface area contributed by atoms with E-state index >= 15 is 0 Å². The molecule has 7 nitrogen and oxygen atoms in total. The highest BCUT2D eigenvalue weighted by Gasteiger charge is 2.36. The summed E-state index contributed by atoms with van der Waals surface area (Å²) < 4.78 is 42.6. The lowest BCUT2D eigenvalue weighted by molar-refractivity contribution is -0.123. The molecule has 2 aromatic carbocycles. The van der Waals surface area contributed by atoms with Crippen LogP contribution in [0.3, 0.4) is 0 Å². The number of aryl methyl sites for hydroxylation is 2. The molecule has 1 saturated heterocycles. The number of halogens is 1. The Morgan fingerprint density at radius 2 is 1.81 bits per heavy atom. The molecule has 0 bridgehead atoms. The monoisotopic (exact) mass is 538 g/mol. The number of hydrogen-bond donors (Lipinski definition) is 0. The normalized spacial score (nSPS) is 15.2. The van der Waals surface area contributed by atoms with E-state index in [0.29, 0.717) is 24.5 Å². The quantitative estimate of drug-likeness (QED) is 0.342. The molecule has 4 aromatic rings. The highest BCUT2D eigenvalue weighted by atomic mass is 32.2. The number of anilines is 1. The zero-order chi connectivity index (χ0) is 26.2. The Hall–Kier alpha value is -3.21. The Kier molecular flexibility index (Phi) is 7.06. The fraction of sp³-hybridized carbons (Fsp3) is 0.296. The van der Waals surface area contributed by atoms with Crippen LogP contribution in [0, 0.1) is 25.6 Å². The molecule has 0 saturated carbocycles. The first-order valence-electron chi connectivity index (χ1n) is 12.1. The van der Waals surface area contributed by atoms with Crippen molar-refractivity contribution >= 4 is 42.6 Å². The maximum Gasteiger partial charge on any atom is 0.245 e. The minimum atomic E-state index is -3.97. The van der Waals surface area contributed by atoms with Crippen LogP contribution in [0.2, 0.25) is 0 Å². The third kappa shape index (κ3) is 5.01. The van der Waals surface area contributed by atoms with Crippen molar-refractivity contribution in [2.45, 2.75) is 38.1 Å². The van der Waals surface area contributed by atoms with E-state index < -0.39 is 15.8 Å². The Morgan fingerprint density at radius 3 is 2.49 bits per heavy atom. The maximum absolute atomic E-state index is 14.2. The van der Waals surface area contributed by atoms with E-state index in [4.69, 9.17) is 4.98 Å². The minimum Gasteiger partial charge on any atom is -0.283 e. The summed E-state index contributed by atoms with van der Waals surface area (Å²) in [6, 6.07) is 13.2. The van der Waals surface area contributed by atoms with Gasteiger partial charge in [-0.25, -0.2) is 17.8 Å². The number of sulfonamides is 1. The van der Waals surface area contributed by atoms with E-state index in [1.54, 1.807) is 17.3 Å². The molecule has 1 aliphatic rings. The van der Waals surface area contributed by atoms with E-state index in [1.807, 2.05) is 32.0 Å². The van der Waals surface area contributed by atoms with Gasteiger partial charge in [-0.1, -0.05) is 41.7 Å². The van der Waals surface area contributed by atoms with Gasteiger partial charge in [0.05, 0.1) is 16.8 Å². The van der Waals surface area contributed by atoms with Gasteiger partial charge in [-0.3, -0.25) is 14.7 Å². The highest BCUT2D eigenvalue weighted by Crippen LogP contribution is 2.35. The molecule has 1 amide bonds. The lowest BCUT2D eigenvalue weighted by Crippen LogP contribution is -2.44. The van der Waals surface area contributed by atoms with Gasteiger partial charge in [0.2, 0.25) is 15.9 Å². The molecule has 1 aliphatic heterocycles. The third-order valence-corrected chi connectivity index (χ3v) is 9.89. The second-order valence-electron chi connectivity index (χ2n) is 9.27. The second-order valence-corrected chi connectivity index (χ2v) is 12.2. The van der Waals surface area contributed by atoms with Gasteiger partial charge in [-0.2, -0.15) is 4.31 Å². The fourth-order valence-electron chi connectivity index (χ4n) is 4.63. The topological polar surface area (TPSA) is 83.5 Å². The number of benzene rings is 2. The summed E-state index contributed by atoms with van der Waals surface area (Å²) in [7, 11) is -3.97. The number of pyridine rings is 1. The minimum absolute atomic E-state index is 0.0962. The standard InChI is InChI=1S/C27H27FN4O3S2/c1-18-9-10-19(2)25-24(18)30-27(36-25)32(17-20-6-5-13-29-16-20)26(33)21-11-14-31(15-12-21)37(34,35)23-8-4-3-7-22(23)28/h3-10,13,16,21H,11-12,14-15,17H2,1-2H3. The molecule has 1 fully saturated rings. The summed E-state index contributed by atoms with van der Waals surface area (Å²) in [5, 5.41) is 0.614. The van der Waals surface area contributed by atoms with Crippen molar-refractivity contribution in [3.63, 3.8) is 0 Å². The molecule has 37 heavy (non-hydrogen) atoms. The number of fused-ring (bicyclic) bond motifs is 1. The van der Waals surface area contributed by atoms with Crippen LogP contribution in [0.1, 0.15) is 29.5 Å². The number of amides is 1. The molecule has 2 aromatic heterocycles. The van der Waals surface area contributed by atoms with Gasteiger partial charge in [0, 0.05) is 31.4 Å². The van der Waals surface area contributed by atoms with Gasteiger partial charge >= 0.3 is 0 Å². The number of nitrogens with zero attached hydrogens (tertiary/aromatic N) is 4. The molecule has 0 atom stereocenters. The van der Waals surface area contributed by atoms with Gasteiger partial charge in [0.1, 0.15) is 10.7 Å². The summed E-state index contributed by atoms with van der Waals surface area (Å²) in [6.07, 6.45) is 4.11. The van der Waals surface area contributed by atoms with Gasteiger partial charge in [-0.15, -0.1) is 0 Å². The summed E-state index contributed by atoms with van der Waals surface area (Å²) in [5.41, 5.74) is 3.91. The molecule has 0 N–H and O–H groups in total. The van der Waals surface area contributed by atoms with Crippen molar-refractivity contribution in [1.82, 2.24) is 14.3 Å². The molecule has 0 aliphatic carbocycles. The average molecular weight is 539 g/mol. The fourth-order valence-corrected chi connectivity index (χ4v) is 7.29. The number of hydrogen-bond acceptors (Lipinski definition) is 6. The average Bonchev–Trinajstić information content (AvgIpc) is 3.37. The molecule has 5 rings (SSSR count). The lowest BCUT2D eigenvalue weighted by Gasteiger charge is -2.33. The lowest BCUT2D eigenvalue weighted by atomic mass is 9.96. The first-order chi connectivity index (χ1) is 17.8. The number of rotatable bonds is 6. The highest BCUT2D eigenvalue weighted by molar-refractivity contribution is 7.89. The smallest absolute Gasteiger partial charge is 0.245 e. The van der Waals surface area contributed by atoms with Crippen LogP contribution in [-0.2, 0) is 21.4 Å². The number of carbonyl (C=O) groups excluding carboxylic acids is 1. The number of aromatic nitrogens is 2. The van der Waals surface area contributed by atoms with E-state index in [0.717, 1.165) is 33.0 Å². The molecule has 192 valence electrons. The van der Waals surface area contributed by atoms with Gasteiger partial charge in [0.25, 0.3) is 0 Å². The Bertz CT molecular complexity index is 1510. The number of piperidine rings is 1.